The van der Waals surface area contributed by atoms with Gasteiger partial charge in [0.1, 0.15) is 5.00 Å². The van der Waals surface area contributed by atoms with E-state index in [1.54, 1.807) is 30.3 Å². The van der Waals surface area contributed by atoms with E-state index in [0.29, 0.717) is 23.5 Å². The Bertz CT molecular complexity index is 1650. The van der Waals surface area contributed by atoms with Gasteiger partial charge in [0, 0.05) is 35.8 Å². The molecule has 0 spiro atoms. The largest absolute Gasteiger partial charge is 0.465 e. The molecular weight excluding hydrogens is 546 g/mol. The Morgan fingerprint density at radius 2 is 1.75 bits per heavy atom. The first-order valence-corrected chi connectivity index (χ1v) is 15.0. The molecule has 1 aliphatic rings. The van der Waals surface area contributed by atoms with Gasteiger partial charge in [0.25, 0.3) is 15.9 Å². The number of esters is 1. The highest BCUT2D eigenvalue weighted by Crippen LogP contribution is 2.38. The second-order valence-electron chi connectivity index (χ2n) is 9.60. The summed E-state index contributed by atoms with van der Waals surface area (Å²) in [6.45, 7) is 4.10. The number of sulfonamides is 1. The minimum absolute atomic E-state index is 0.126. The third kappa shape index (κ3) is 6.09. The molecule has 2 N–H and O–H groups in total. The molecule has 0 bridgehead atoms. The summed E-state index contributed by atoms with van der Waals surface area (Å²) in [4.78, 5) is 29.5. The molecule has 0 saturated heterocycles. The van der Waals surface area contributed by atoms with Crippen molar-refractivity contribution in [3.63, 3.8) is 0 Å². The number of anilines is 2. The van der Waals surface area contributed by atoms with Gasteiger partial charge in [-0.3, -0.25) is 14.4 Å². The van der Waals surface area contributed by atoms with Crippen LogP contribution in [0.4, 0.5) is 10.7 Å². The van der Waals surface area contributed by atoms with Crippen molar-refractivity contribution in [1.29, 1.82) is 0 Å². The molecule has 0 unspecified atom stereocenters. The summed E-state index contributed by atoms with van der Waals surface area (Å²) >= 11 is 1.37. The van der Waals surface area contributed by atoms with Crippen LogP contribution >= 0.6 is 11.3 Å². The average Bonchev–Trinajstić information content (AvgIpc) is 3.30. The Balaban J connectivity index is 1.35. The van der Waals surface area contributed by atoms with Crippen molar-refractivity contribution in [2.75, 3.05) is 23.7 Å². The SMILES string of the molecule is COC(=O)c1c(NC(=O)c2cccc(NS(=O)(=O)c3ccc(C)cc3)c2)sc2c1CCN(Cc1ccccc1)C2. The lowest BCUT2D eigenvalue weighted by Gasteiger charge is -2.27. The molecule has 8 nitrogen and oxygen atoms in total. The van der Waals surface area contributed by atoms with Gasteiger partial charge >= 0.3 is 5.97 Å². The first kappa shape index (κ1) is 27.6. The van der Waals surface area contributed by atoms with Crippen LogP contribution < -0.4 is 10.0 Å². The highest BCUT2D eigenvalue weighted by molar-refractivity contribution is 7.92. The van der Waals surface area contributed by atoms with Crippen molar-refractivity contribution >= 4 is 43.9 Å². The Hall–Kier alpha value is -3.99. The summed E-state index contributed by atoms with van der Waals surface area (Å²) < 4.78 is 33.2. The van der Waals surface area contributed by atoms with E-state index < -0.39 is 21.9 Å². The van der Waals surface area contributed by atoms with Gasteiger partial charge in [0.05, 0.1) is 17.6 Å². The summed E-state index contributed by atoms with van der Waals surface area (Å²) in [6, 6.07) is 22.9. The van der Waals surface area contributed by atoms with Crippen LogP contribution in [0.2, 0.25) is 0 Å². The molecule has 1 amide bonds. The van der Waals surface area contributed by atoms with Crippen molar-refractivity contribution < 1.29 is 22.7 Å². The molecule has 0 radical (unpaired) electrons. The van der Waals surface area contributed by atoms with Gasteiger partial charge in [-0.25, -0.2) is 13.2 Å². The topological polar surface area (TPSA) is 105 Å². The number of thiophene rings is 1. The predicted octanol–water partition coefficient (Wildman–Crippen LogP) is 5.45. The Morgan fingerprint density at radius 1 is 1.00 bits per heavy atom. The van der Waals surface area contributed by atoms with E-state index in [1.807, 2.05) is 25.1 Å². The lowest BCUT2D eigenvalue weighted by Crippen LogP contribution is -2.29. The van der Waals surface area contributed by atoms with E-state index in [1.165, 1.54) is 42.2 Å². The van der Waals surface area contributed by atoms with Crippen LogP contribution in [-0.2, 0) is 34.3 Å². The first-order valence-electron chi connectivity index (χ1n) is 12.7. The first-order chi connectivity index (χ1) is 19.2. The maximum Gasteiger partial charge on any atom is 0.341 e. The number of hydrogen-bond acceptors (Lipinski definition) is 7. The van der Waals surface area contributed by atoms with Gasteiger partial charge < -0.3 is 10.1 Å². The molecule has 206 valence electrons. The molecule has 2 heterocycles. The lowest BCUT2D eigenvalue weighted by molar-refractivity contribution is 0.0600. The highest BCUT2D eigenvalue weighted by Gasteiger charge is 2.29. The molecule has 0 saturated carbocycles. The Kier molecular flexibility index (Phi) is 8.02. The Morgan fingerprint density at radius 3 is 2.48 bits per heavy atom. The zero-order chi connectivity index (χ0) is 28.3. The molecule has 1 aromatic heterocycles. The van der Waals surface area contributed by atoms with Crippen LogP contribution in [0.1, 0.15) is 42.3 Å². The number of carbonyl (C=O) groups excluding carboxylic acids is 2. The zero-order valence-electron chi connectivity index (χ0n) is 22.1. The summed E-state index contributed by atoms with van der Waals surface area (Å²) in [7, 11) is -2.50. The van der Waals surface area contributed by atoms with Gasteiger partial charge in [-0.2, -0.15) is 0 Å². The van der Waals surface area contributed by atoms with Gasteiger partial charge in [0.2, 0.25) is 0 Å². The van der Waals surface area contributed by atoms with E-state index in [0.717, 1.165) is 29.1 Å². The van der Waals surface area contributed by atoms with E-state index in [2.05, 4.69) is 27.1 Å². The number of nitrogens with zero attached hydrogens (tertiary/aromatic N) is 1. The molecule has 1 aliphatic heterocycles. The van der Waals surface area contributed by atoms with Gasteiger partial charge in [-0.05, 0) is 54.8 Å². The monoisotopic (exact) mass is 575 g/mol. The summed E-state index contributed by atoms with van der Waals surface area (Å²) in [6.07, 6.45) is 0.662. The van der Waals surface area contributed by atoms with Crippen LogP contribution in [0.25, 0.3) is 0 Å². The molecule has 4 aromatic rings. The second kappa shape index (κ2) is 11.6. The van der Waals surface area contributed by atoms with E-state index in [-0.39, 0.29) is 16.1 Å². The summed E-state index contributed by atoms with van der Waals surface area (Å²) in [5, 5.41) is 3.30. The fourth-order valence-corrected chi connectivity index (χ4v) is 6.99. The minimum Gasteiger partial charge on any atom is -0.465 e. The molecule has 3 aromatic carbocycles. The normalized spacial score (nSPS) is 13.3. The van der Waals surface area contributed by atoms with Crippen molar-refractivity contribution in [2.24, 2.45) is 0 Å². The highest BCUT2D eigenvalue weighted by atomic mass is 32.2. The van der Waals surface area contributed by atoms with Gasteiger partial charge in [-0.15, -0.1) is 11.3 Å². The van der Waals surface area contributed by atoms with Crippen molar-refractivity contribution in [1.82, 2.24) is 4.90 Å². The van der Waals surface area contributed by atoms with Crippen LogP contribution in [-0.4, -0.2) is 38.8 Å². The number of carbonyl (C=O) groups is 2. The third-order valence-electron chi connectivity index (χ3n) is 6.71. The van der Waals surface area contributed by atoms with Crippen molar-refractivity contribution in [3.8, 4) is 0 Å². The number of benzene rings is 3. The van der Waals surface area contributed by atoms with E-state index in [9.17, 15) is 18.0 Å². The number of ether oxygens (including phenoxy) is 1. The minimum atomic E-state index is -3.83. The third-order valence-corrected chi connectivity index (χ3v) is 9.24. The van der Waals surface area contributed by atoms with Crippen molar-refractivity contribution in [2.45, 2.75) is 31.3 Å². The standard InChI is InChI=1S/C30H29N3O5S2/c1-20-11-13-24(14-12-20)40(36,37)32-23-10-6-9-22(17-23)28(34)31-29-27(30(35)38-2)25-15-16-33(19-26(25)39-29)18-21-7-4-3-5-8-21/h3-14,17,32H,15-16,18-19H2,1-2H3,(H,31,34). The number of nitrogens with one attached hydrogen (secondary N) is 2. The quantitative estimate of drug-likeness (QED) is 0.271. The maximum absolute atomic E-state index is 13.3. The number of hydrogen-bond donors (Lipinski definition) is 2. The van der Waals surface area contributed by atoms with Gasteiger partial charge in [-0.1, -0.05) is 54.1 Å². The predicted molar refractivity (Wildman–Crippen MR) is 156 cm³/mol. The molecule has 0 aliphatic carbocycles. The van der Waals surface area contributed by atoms with Crippen molar-refractivity contribution in [3.05, 3.63) is 112 Å². The Labute approximate surface area is 237 Å². The molecule has 0 atom stereocenters. The van der Waals surface area contributed by atoms with Gasteiger partial charge in [0.15, 0.2) is 0 Å². The number of fused-ring (bicyclic) bond motifs is 1. The maximum atomic E-state index is 13.3. The van der Waals surface area contributed by atoms with Crippen LogP contribution in [0.3, 0.4) is 0 Å². The lowest BCUT2D eigenvalue weighted by atomic mass is 10.0. The smallest absolute Gasteiger partial charge is 0.341 e. The second-order valence-corrected chi connectivity index (χ2v) is 12.4. The molecule has 5 rings (SSSR count). The molecule has 40 heavy (non-hydrogen) atoms. The zero-order valence-corrected chi connectivity index (χ0v) is 23.8. The number of aryl methyl sites for hydroxylation is 1. The van der Waals surface area contributed by atoms with E-state index >= 15 is 0 Å². The fourth-order valence-electron chi connectivity index (χ4n) is 4.67. The fraction of sp³-hybridized carbons (Fsp3) is 0.200. The number of amides is 1. The molecular formula is C30H29N3O5S2. The summed E-state index contributed by atoms with van der Waals surface area (Å²) in [5.41, 5.74) is 3.94. The summed E-state index contributed by atoms with van der Waals surface area (Å²) in [5.74, 6) is -0.954. The van der Waals surface area contributed by atoms with Crippen LogP contribution in [0, 0.1) is 6.92 Å². The molecule has 10 heteroatoms. The van der Waals surface area contributed by atoms with Crippen LogP contribution in [0.5, 0.6) is 0 Å². The molecule has 0 fully saturated rings. The van der Waals surface area contributed by atoms with E-state index in [4.69, 9.17) is 4.74 Å². The average molecular weight is 576 g/mol. The number of methoxy groups -OCH3 is 1. The van der Waals surface area contributed by atoms with Crippen LogP contribution in [0.15, 0.2) is 83.8 Å². The number of rotatable bonds is 8.